The van der Waals surface area contributed by atoms with Gasteiger partial charge in [-0.3, -0.25) is 9.59 Å². The second-order valence-corrected chi connectivity index (χ2v) is 7.95. The Morgan fingerprint density at radius 1 is 1.39 bits per heavy atom. The Kier molecular flexibility index (Phi) is 4.67. The number of nitrogens with zero attached hydrogens (tertiary/aromatic N) is 2. The molecular formula is C18H24N2O2S. The van der Waals surface area contributed by atoms with Crippen LogP contribution in [0.15, 0.2) is 30.3 Å². The number of benzene rings is 1. The fourth-order valence-electron chi connectivity index (χ4n) is 3.47. The molecule has 2 amide bonds. The highest BCUT2D eigenvalue weighted by molar-refractivity contribution is 8.01. The van der Waals surface area contributed by atoms with Crippen molar-refractivity contribution < 1.29 is 9.59 Å². The maximum Gasteiger partial charge on any atom is 0.250 e. The first-order valence-electron chi connectivity index (χ1n) is 8.39. The lowest BCUT2D eigenvalue weighted by Crippen LogP contribution is -2.51. The van der Waals surface area contributed by atoms with Crippen LogP contribution >= 0.6 is 11.8 Å². The van der Waals surface area contributed by atoms with E-state index in [9.17, 15) is 9.59 Å². The van der Waals surface area contributed by atoms with Gasteiger partial charge in [0.25, 0.3) is 5.91 Å². The summed E-state index contributed by atoms with van der Waals surface area (Å²) in [6, 6.07) is 9.49. The van der Waals surface area contributed by atoms with Crippen LogP contribution in [0.3, 0.4) is 0 Å². The average molecular weight is 332 g/mol. The Labute approximate surface area is 142 Å². The van der Waals surface area contributed by atoms with E-state index >= 15 is 0 Å². The van der Waals surface area contributed by atoms with E-state index in [1.54, 1.807) is 11.8 Å². The number of hydrogen-bond acceptors (Lipinski definition) is 3. The normalized spacial score (nSPS) is 26.4. The van der Waals surface area contributed by atoms with E-state index in [0.29, 0.717) is 18.7 Å². The Morgan fingerprint density at radius 2 is 2.13 bits per heavy atom. The lowest BCUT2D eigenvalue weighted by Gasteiger charge is -2.33. The molecule has 0 aliphatic carbocycles. The quantitative estimate of drug-likeness (QED) is 0.831. The summed E-state index contributed by atoms with van der Waals surface area (Å²) in [7, 11) is 0. The van der Waals surface area contributed by atoms with E-state index in [2.05, 4.69) is 13.8 Å². The van der Waals surface area contributed by atoms with Crippen LogP contribution in [0.4, 0.5) is 5.69 Å². The number of para-hydroxylation sites is 1. The molecule has 2 atom stereocenters. The van der Waals surface area contributed by atoms with Crippen molar-refractivity contribution >= 4 is 29.3 Å². The summed E-state index contributed by atoms with van der Waals surface area (Å²) < 4.78 is 0. The summed E-state index contributed by atoms with van der Waals surface area (Å²) in [5, 5.41) is 0. The van der Waals surface area contributed by atoms with Gasteiger partial charge in [-0.25, -0.2) is 0 Å². The van der Waals surface area contributed by atoms with Gasteiger partial charge in [-0.2, -0.15) is 0 Å². The number of carbonyl (C=O) groups excluding carboxylic acids is 2. The molecule has 0 spiro atoms. The molecule has 2 aliphatic heterocycles. The number of thioether (sulfide) groups is 1. The SMILES string of the molecule is CCCCN(C(=O)C1CSC2(C)CCC(=O)N12)c1ccccc1. The standard InChI is InChI=1S/C18H24N2O2S/c1-3-4-12-19(14-8-6-5-7-9-14)17(22)15-13-23-18(2)11-10-16(21)20(15)18/h5-9,15H,3-4,10-13H2,1-2H3. The molecular weight excluding hydrogens is 308 g/mol. The Hall–Kier alpha value is -1.49. The van der Waals surface area contributed by atoms with E-state index in [-0.39, 0.29) is 22.7 Å². The van der Waals surface area contributed by atoms with Gasteiger partial charge in [-0.1, -0.05) is 31.5 Å². The molecule has 0 saturated carbocycles. The van der Waals surface area contributed by atoms with E-state index in [0.717, 1.165) is 24.9 Å². The molecule has 2 saturated heterocycles. The van der Waals surface area contributed by atoms with Gasteiger partial charge in [0.05, 0.1) is 4.87 Å². The maximum atomic E-state index is 13.2. The van der Waals surface area contributed by atoms with Crippen molar-refractivity contribution in [1.82, 2.24) is 4.90 Å². The van der Waals surface area contributed by atoms with Crippen molar-refractivity contribution in [3.63, 3.8) is 0 Å². The molecule has 23 heavy (non-hydrogen) atoms. The average Bonchev–Trinajstić information content (AvgIpc) is 3.05. The zero-order valence-electron chi connectivity index (χ0n) is 13.8. The van der Waals surface area contributed by atoms with Gasteiger partial charge < -0.3 is 9.80 Å². The number of hydrogen-bond donors (Lipinski definition) is 0. The minimum Gasteiger partial charge on any atom is -0.315 e. The van der Waals surface area contributed by atoms with Gasteiger partial charge >= 0.3 is 0 Å². The van der Waals surface area contributed by atoms with Crippen LogP contribution in [-0.4, -0.2) is 39.9 Å². The van der Waals surface area contributed by atoms with Crippen LogP contribution in [-0.2, 0) is 9.59 Å². The molecule has 1 aromatic rings. The fourth-order valence-corrected chi connectivity index (χ4v) is 4.90. The van der Waals surface area contributed by atoms with Crippen molar-refractivity contribution in [3.8, 4) is 0 Å². The highest BCUT2D eigenvalue weighted by Gasteiger charge is 2.53. The third-order valence-corrected chi connectivity index (χ3v) is 6.30. The highest BCUT2D eigenvalue weighted by Crippen LogP contribution is 2.47. The first kappa shape index (κ1) is 16.4. The lowest BCUT2D eigenvalue weighted by molar-refractivity contribution is -0.136. The smallest absolute Gasteiger partial charge is 0.250 e. The molecule has 2 heterocycles. The van der Waals surface area contributed by atoms with E-state index in [4.69, 9.17) is 0 Å². The number of carbonyl (C=O) groups is 2. The predicted molar refractivity (Wildman–Crippen MR) is 94.4 cm³/mol. The molecule has 0 N–H and O–H groups in total. The van der Waals surface area contributed by atoms with Crippen molar-refractivity contribution in [1.29, 1.82) is 0 Å². The maximum absolute atomic E-state index is 13.2. The Balaban J connectivity index is 1.85. The molecule has 2 aliphatic rings. The molecule has 1 aromatic carbocycles. The molecule has 3 rings (SSSR count). The van der Waals surface area contributed by atoms with Crippen molar-refractivity contribution in [2.45, 2.75) is 50.4 Å². The summed E-state index contributed by atoms with van der Waals surface area (Å²) in [6.45, 7) is 4.92. The van der Waals surface area contributed by atoms with E-state index in [1.807, 2.05) is 40.1 Å². The summed E-state index contributed by atoms with van der Waals surface area (Å²) in [6.07, 6.45) is 3.41. The van der Waals surface area contributed by atoms with Crippen LogP contribution in [0, 0.1) is 0 Å². The molecule has 5 heteroatoms. The number of unbranched alkanes of at least 4 members (excludes halogenated alkanes) is 1. The van der Waals surface area contributed by atoms with Gasteiger partial charge in [0.15, 0.2) is 0 Å². The monoisotopic (exact) mass is 332 g/mol. The van der Waals surface area contributed by atoms with Gasteiger partial charge in [-0.05, 0) is 31.9 Å². The number of amides is 2. The van der Waals surface area contributed by atoms with Crippen molar-refractivity contribution in [2.24, 2.45) is 0 Å². The van der Waals surface area contributed by atoms with Gasteiger partial charge in [0.1, 0.15) is 6.04 Å². The first-order chi connectivity index (χ1) is 11.1. The van der Waals surface area contributed by atoms with Gasteiger partial charge in [0.2, 0.25) is 5.91 Å². The van der Waals surface area contributed by atoms with Gasteiger partial charge in [-0.15, -0.1) is 11.8 Å². The zero-order valence-corrected chi connectivity index (χ0v) is 14.6. The second kappa shape index (κ2) is 6.56. The van der Waals surface area contributed by atoms with Crippen molar-refractivity contribution in [2.75, 3.05) is 17.2 Å². The summed E-state index contributed by atoms with van der Waals surface area (Å²) >= 11 is 1.75. The third-order valence-electron chi connectivity index (χ3n) is 4.80. The van der Waals surface area contributed by atoms with Crippen LogP contribution < -0.4 is 4.90 Å². The van der Waals surface area contributed by atoms with Crippen LogP contribution in [0.25, 0.3) is 0 Å². The summed E-state index contributed by atoms with van der Waals surface area (Å²) in [4.78, 5) is 29.0. The third kappa shape index (κ3) is 2.99. The topological polar surface area (TPSA) is 40.6 Å². The number of fused-ring (bicyclic) bond motifs is 1. The van der Waals surface area contributed by atoms with Crippen molar-refractivity contribution in [3.05, 3.63) is 30.3 Å². The lowest BCUT2D eigenvalue weighted by atomic mass is 10.1. The van der Waals surface area contributed by atoms with Gasteiger partial charge in [0, 0.05) is 24.4 Å². The second-order valence-electron chi connectivity index (χ2n) is 6.44. The number of rotatable bonds is 5. The highest BCUT2D eigenvalue weighted by atomic mass is 32.2. The predicted octanol–water partition coefficient (Wildman–Crippen LogP) is 3.27. The largest absolute Gasteiger partial charge is 0.315 e. The van der Waals surface area contributed by atoms with E-state index in [1.165, 1.54) is 0 Å². The van der Waals surface area contributed by atoms with Crippen LogP contribution in [0.5, 0.6) is 0 Å². The molecule has 2 fully saturated rings. The Bertz CT molecular complexity index is 592. The molecule has 0 aromatic heterocycles. The number of anilines is 1. The molecule has 2 unspecified atom stereocenters. The molecule has 0 radical (unpaired) electrons. The summed E-state index contributed by atoms with van der Waals surface area (Å²) in [5.41, 5.74) is 0.927. The minimum atomic E-state index is -0.322. The first-order valence-corrected chi connectivity index (χ1v) is 9.38. The fraction of sp³-hybridized carbons (Fsp3) is 0.556. The summed E-state index contributed by atoms with van der Waals surface area (Å²) in [5.74, 6) is 0.895. The van der Waals surface area contributed by atoms with Crippen LogP contribution in [0.2, 0.25) is 0 Å². The minimum absolute atomic E-state index is 0.0659. The zero-order chi connectivity index (χ0) is 16.4. The molecule has 0 bridgehead atoms. The van der Waals surface area contributed by atoms with Crippen LogP contribution in [0.1, 0.15) is 39.5 Å². The molecule has 4 nitrogen and oxygen atoms in total. The Morgan fingerprint density at radius 3 is 2.83 bits per heavy atom. The molecule has 124 valence electrons. The van der Waals surface area contributed by atoms with E-state index < -0.39 is 0 Å².